The van der Waals surface area contributed by atoms with Gasteiger partial charge in [0, 0.05) is 12.7 Å². The number of carboxylic acid groups (broad SMARTS) is 1. The fraction of sp³-hybridized carbons (Fsp3) is 0.154. The molecular formula is C13H12BrNO2. The number of aromatic carboxylic acids is 1. The fourth-order valence-corrected chi connectivity index (χ4v) is 2.08. The van der Waals surface area contributed by atoms with Crippen LogP contribution in [-0.2, 0) is 6.54 Å². The van der Waals surface area contributed by atoms with E-state index in [0.29, 0.717) is 12.1 Å². The zero-order valence-corrected chi connectivity index (χ0v) is 10.9. The van der Waals surface area contributed by atoms with Crippen molar-refractivity contribution in [3.05, 3.63) is 57.8 Å². The number of aromatic nitrogens is 1. The van der Waals surface area contributed by atoms with Crippen LogP contribution in [0.15, 0.2) is 41.1 Å². The average Bonchev–Trinajstić information content (AvgIpc) is 2.64. The monoisotopic (exact) mass is 293 g/mol. The molecule has 1 heterocycles. The van der Waals surface area contributed by atoms with Crippen molar-refractivity contribution in [3.63, 3.8) is 0 Å². The Morgan fingerprint density at radius 2 is 2.00 bits per heavy atom. The molecule has 0 amide bonds. The molecule has 0 fully saturated rings. The van der Waals surface area contributed by atoms with Crippen LogP contribution in [0.2, 0.25) is 0 Å². The first-order valence-corrected chi connectivity index (χ1v) is 6.00. The molecule has 0 aliphatic heterocycles. The van der Waals surface area contributed by atoms with Gasteiger partial charge in [-0.3, -0.25) is 0 Å². The molecular weight excluding hydrogens is 282 g/mol. The molecule has 0 aliphatic carbocycles. The average molecular weight is 294 g/mol. The van der Waals surface area contributed by atoms with Gasteiger partial charge in [-0.2, -0.15) is 0 Å². The van der Waals surface area contributed by atoms with Gasteiger partial charge in [-0.25, -0.2) is 4.79 Å². The van der Waals surface area contributed by atoms with Gasteiger partial charge in [-0.15, -0.1) is 0 Å². The molecule has 0 unspecified atom stereocenters. The van der Waals surface area contributed by atoms with Crippen LogP contribution in [0.1, 0.15) is 21.5 Å². The predicted octanol–water partition coefficient (Wildman–Crippen LogP) is 3.31. The third kappa shape index (κ3) is 2.77. The lowest BCUT2D eigenvalue weighted by molar-refractivity contribution is 0.0697. The number of nitrogens with zero attached hydrogens (tertiary/aromatic N) is 1. The molecule has 1 aromatic carbocycles. The third-order valence-corrected chi connectivity index (χ3v) is 3.25. The van der Waals surface area contributed by atoms with Crippen molar-refractivity contribution in [1.82, 2.24) is 4.57 Å². The Bertz CT molecular complexity index is 543. The molecule has 17 heavy (non-hydrogen) atoms. The Balaban J connectivity index is 2.24. The Morgan fingerprint density at radius 3 is 2.53 bits per heavy atom. The zero-order chi connectivity index (χ0) is 12.4. The predicted molar refractivity (Wildman–Crippen MR) is 69.4 cm³/mol. The molecule has 0 saturated heterocycles. The Labute approximate surface area is 108 Å². The van der Waals surface area contributed by atoms with Gasteiger partial charge in [0.05, 0.1) is 10.2 Å². The largest absolute Gasteiger partial charge is 0.478 e. The molecule has 1 N–H and O–H groups in total. The Morgan fingerprint density at radius 1 is 1.35 bits per heavy atom. The Kier molecular flexibility index (Phi) is 3.33. The molecule has 0 aliphatic rings. The lowest BCUT2D eigenvalue weighted by Gasteiger charge is -2.05. The van der Waals surface area contributed by atoms with E-state index in [1.165, 1.54) is 5.56 Å². The van der Waals surface area contributed by atoms with Crippen molar-refractivity contribution in [2.45, 2.75) is 13.5 Å². The first kappa shape index (κ1) is 11.9. The van der Waals surface area contributed by atoms with Crippen molar-refractivity contribution >= 4 is 21.9 Å². The lowest BCUT2D eigenvalue weighted by Crippen LogP contribution is -1.99. The van der Waals surface area contributed by atoms with E-state index in [0.717, 1.165) is 10.2 Å². The van der Waals surface area contributed by atoms with Gasteiger partial charge in [-0.05, 0) is 34.5 Å². The van der Waals surface area contributed by atoms with Crippen molar-refractivity contribution < 1.29 is 9.90 Å². The maximum Gasteiger partial charge on any atom is 0.337 e. The molecule has 0 saturated carbocycles. The molecule has 2 rings (SSSR count). The molecule has 4 heteroatoms. The SMILES string of the molecule is Cc1ccc(Cn2cc(C(=O)O)cc2Br)cc1. The highest BCUT2D eigenvalue weighted by atomic mass is 79.9. The van der Waals surface area contributed by atoms with E-state index in [1.807, 2.05) is 35.8 Å². The first-order chi connectivity index (χ1) is 8.06. The summed E-state index contributed by atoms with van der Waals surface area (Å²) in [5.41, 5.74) is 2.65. The van der Waals surface area contributed by atoms with Crippen molar-refractivity contribution in [2.75, 3.05) is 0 Å². The van der Waals surface area contributed by atoms with E-state index in [1.54, 1.807) is 12.3 Å². The number of rotatable bonds is 3. The van der Waals surface area contributed by atoms with Gasteiger partial charge >= 0.3 is 5.97 Å². The summed E-state index contributed by atoms with van der Waals surface area (Å²) in [7, 11) is 0. The van der Waals surface area contributed by atoms with Crippen molar-refractivity contribution in [3.8, 4) is 0 Å². The first-order valence-electron chi connectivity index (χ1n) is 5.21. The second-order valence-corrected chi connectivity index (χ2v) is 4.78. The highest BCUT2D eigenvalue weighted by molar-refractivity contribution is 9.10. The lowest BCUT2D eigenvalue weighted by atomic mass is 10.1. The topological polar surface area (TPSA) is 42.2 Å². The van der Waals surface area contributed by atoms with E-state index in [9.17, 15) is 4.79 Å². The number of hydrogen-bond donors (Lipinski definition) is 1. The van der Waals surface area contributed by atoms with Crippen LogP contribution >= 0.6 is 15.9 Å². The number of halogens is 1. The number of aryl methyl sites for hydroxylation is 1. The van der Waals surface area contributed by atoms with Gasteiger partial charge in [-0.1, -0.05) is 29.8 Å². The zero-order valence-electron chi connectivity index (χ0n) is 9.35. The number of carbonyl (C=O) groups is 1. The summed E-state index contributed by atoms with van der Waals surface area (Å²) >= 11 is 3.36. The molecule has 0 atom stereocenters. The van der Waals surface area contributed by atoms with Crippen LogP contribution < -0.4 is 0 Å². The normalized spacial score (nSPS) is 10.5. The smallest absolute Gasteiger partial charge is 0.337 e. The van der Waals surface area contributed by atoms with Crippen molar-refractivity contribution in [1.29, 1.82) is 0 Å². The number of benzene rings is 1. The molecule has 88 valence electrons. The van der Waals surface area contributed by atoms with Crippen LogP contribution in [0.5, 0.6) is 0 Å². The highest BCUT2D eigenvalue weighted by Crippen LogP contribution is 2.17. The summed E-state index contributed by atoms with van der Waals surface area (Å²) in [5.74, 6) is -0.909. The summed E-state index contributed by atoms with van der Waals surface area (Å²) in [6.45, 7) is 2.70. The minimum Gasteiger partial charge on any atom is -0.478 e. The van der Waals surface area contributed by atoms with Gasteiger partial charge in [0.25, 0.3) is 0 Å². The minimum atomic E-state index is -0.909. The Hall–Kier alpha value is -1.55. The molecule has 0 radical (unpaired) electrons. The fourth-order valence-electron chi connectivity index (χ4n) is 1.61. The van der Waals surface area contributed by atoms with E-state index >= 15 is 0 Å². The van der Waals surface area contributed by atoms with Gasteiger partial charge in [0.1, 0.15) is 0 Å². The van der Waals surface area contributed by atoms with E-state index in [4.69, 9.17) is 5.11 Å². The van der Waals surface area contributed by atoms with Crippen LogP contribution in [-0.4, -0.2) is 15.6 Å². The molecule has 0 bridgehead atoms. The van der Waals surface area contributed by atoms with Crippen LogP contribution in [0.4, 0.5) is 0 Å². The second kappa shape index (κ2) is 4.75. The van der Waals surface area contributed by atoms with Gasteiger partial charge in [0.2, 0.25) is 0 Å². The van der Waals surface area contributed by atoms with Crippen LogP contribution in [0.3, 0.4) is 0 Å². The number of hydrogen-bond acceptors (Lipinski definition) is 1. The summed E-state index contributed by atoms with van der Waals surface area (Å²) in [6.07, 6.45) is 1.63. The van der Waals surface area contributed by atoms with Gasteiger partial charge in [0.15, 0.2) is 0 Å². The summed E-state index contributed by atoms with van der Waals surface area (Å²) in [6, 6.07) is 9.79. The molecule has 3 nitrogen and oxygen atoms in total. The minimum absolute atomic E-state index is 0.295. The standard InChI is InChI=1S/C13H12BrNO2/c1-9-2-4-10(5-3-9)7-15-8-11(13(16)17)6-12(15)14/h2-6,8H,7H2,1H3,(H,16,17). The van der Waals surface area contributed by atoms with E-state index < -0.39 is 5.97 Å². The maximum atomic E-state index is 10.8. The van der Waals surface area contributed by atoms with Gasteiger partial charge < -0.3 is 9.67 Å². The maximum absolute atomic E-state index is 10.8. The van der Waals surface area contributed by atoms with Crippen molar-refractivity contribution in [2.24, 2.45) is 0 Å². The molecule has 0 spiro atoms. The third-order valence-electron chi connectivity index (χ3n) is 2.56. The van der Waals surface area contributed by atoms with Crippen LogP contribution in [0.25, 0.3) is 0 Å². The quantitative estimate of drug-likeness (QED) is 0.943. The molecule has 2 aromatic rings. The van der Waals surface area contributed by atoms with E-state index in [2.05, 4.69) is 15.9 Å². The molecule has 1 aromatic heterocycles. The summed E-state index contributed by atoms with van der Waals surface area (Å²) in [4.78, 5) is 10.8. The highest BCUT2D eigenvalue weighted by Gasteiger charge is 2.09. The summed E-state index contributed by atoms with van der Waals surface area (Å²) in [5, 5.41) is 8.89. The second-order valence-electron chi connectivity index (χ2n) is 3.97. The summed E-state index contributed by atoms with van der Waals surface area (Å²) < 4.78 is 2.64. The van der Waals surface area contributed by atoms with Crippen LogP contribution in [0, 0.1) is 6.92 Å². The van der Waals surface area contributed by atoms with E-state index in [-0.39, 0.29) is 0 Å². The number of carboxylic acids is 1.